The number of carboxylic acids is 1. The number of methoxy groups -OCH3 is 1. The van der Waals surface area contributed by atoms with Gasteiger partial charge in [0.1, 0.15) is 0 Å². The fraction of sp³-hybridized carbons (Fsp3) is 0.364. The highest BCUT2D eigenvalue weighted by atomic mass is 16.5. The summed E-state index contributed by atoms with van der Waals surface area (Å²) in [6, 6.07) is 1.55. The van der Waals surface area contributed by atoms with E-state index in [0.29, 0.717) is 24.4 Å². The first kappa shape index (κ1) is 13.1. The highest BCUT2D eigenvalue weighted by Gasteiger charge is 2.04. The molecule has 0 amide bonds. The van der Waals surface area contributed by atoms with Crippen LogP contribution in [-0.4, -0.2) is 34.6 Å². The number of carboxylic acid groups (broad SMARTS) is 1. The lowest BCUT2D eigenvalue weighted by Crippen LogP contribution is -2.27. The molecule has 1 aromatic heterocycles. The summed E-state index contributed by atoms with van der Waals surface area (Å²) < 4.78 is 6.13. The van der Waals surface area contributed by atoms with Crippen molar-refractivity contribution in [1.29, 1.82) is 0 Å². The Morgan fingerprint density at radius 1 is 1.65 bits per heavy atom. The van der Waals surface area contributed by atoms with Gasteiger partial charge in [-0.2, -0.15) is 5.10 Å². The lowest BCUT2D eigenvalue weighted by Gasteiger charge is -2.06. The van der Waals surface area contributed by atoms with Crippen LogP contribution in [0.3, 0.4) is 0 Å². The molecule has 0 radical (unpaired) electrons. The standard InChI is InChI=1S/C11H14N2O4/c1-8-7-9(3-4-10(14)15)11(16)13(12-8)5-6-17-2/h3-4,7H,5-6H2,1-2H3,(H,14,15)/b4-3+. The number of nitrogens with zero attached hydrogens (tertiary/aromatic N) is 2. The molecule has 1 N–H and O–H groups in total. The molecule has 0 aromatic carbocycles. The third-order valence-corrected chi connectivity index (χ3v) is 2.04. The molecule has 17 heavy (non-hydrogen) atoms. The fourth-order valence-electron chi connectivity index (χ4n) is 1.31. The maximum Gasteiger partial charge on any atom is 0.328 e. The van der Waals surface area contributed by atoms with Crippen molar-refractivity contribution in [2.75, 3.05) is 13.7 Å². The lowest BCUT2D eigenvalue weighted by molar-refractivity contribution is -0.131. The molecule has 6 nitrogen and oxygen atoms in total. The molecular weight excluding hydrogens is 224 g/mol. The largest absolute Gasteiger partial charge is 0.478 e. The minimum Gasteiger partial charge on any atom is -0.478 e. The van der Waals surface area contributed by atoms with Gasteiger partial charge in [-0.1, -0.05) is 0 Å². The Bertz CT molecular complexity index is 491. The van der Waals surface area contributed by atoms with Crippen molar-refractivity contribution < 1.29 is 14.6 Å². The summed E-state index contributed by atoms with van der Waals surface area (Å²) in [5.74, 6) is -1.10. The van der Waals surface area contributed by atoms with E-state index in [1.54, 1.807) is 13.0 Å². The van der Waals surface area contributed by atoms with Gasteiger partial charge in [-0.25, -0.2) is 9.48 Å². The zero-order valence-electron chi connectivity index (χ0n) is 9.71. The predicted molar refractivity (Wildman–Crippen MR) is 61.8 cm³/mol. The second-order valence-electron chi connectivity index (χ2n) is 3.43. The van der Waals surface area contributed by atoms with Gasteiger partial charge in [0.15, 0.2) is 0 Å². The van der Waals surface area contributed by atoms with Gasteiger partial charge in [0.05, 0.1) is 18.8 Å². The van der Waals surface area contributed by atoms with Crippen LogP contribution >= 0.6 is 0 Å². The summed E-state index contributed by atoms with van der Waals surface area (Å²) in [6.45, 7) is 2.45. The highest BCUT2D eigenvalue weighted by molar-refractivity contribution is 5.85. The molecule has 0 bridgehead atoms. The van der Waals surface area contributed by atoms with Crippen LogP contribution in [0.15, 0.2) is 16.9 Å². The maximum absolute atomic E-state index is 11.8. The van der Waals surface area contributed by atoms with Crippen molar-refractivity contribution in [3.63, 3.8) is 0 Å². The van der Waals surface area contributed by atoms with Crippen molar-refractivity contribution in [3.8, 4) is 0 Å². The van der Waals surface area contributed by atoms with E-state index in [-0.39, 0.29) is 5.56 Å². The van der Waals surface area contributed by atoms with Crippen molar-refractivity contribution >= 4 is 12.0 Å². The predicted octanol–water partition coefficient (Wildman–Crippen LogP) is 0.296. The van der Waals surface area contributed by atoms with Gasteiger partial charge >= 0.3 is 5.97 Å². The summed E-state index contributed by atoms with van der Waals surface area (Å²) >= 11 is 0. The summed E-state index contributed by atoms with van der Waals surface area (Å²) in [5, 5.41) is 12.6. The quantitative estimate of drug-likeness (QED) is 0.746. The van der Waals surface area contributed by atoms with Crippen LogP contribution < -0.4 is 5.56 Å². The van der Waals surface area contributed by atoms with Crippen LogP contribution in [0.4, 0.5) is 0 Å². The molecule has 6 heteroatoms. The number of carbonyl (C=O) groups is 1. The van der Waals surface area contributed by atoms with Gasteiger partial charge in [-0.05, 0) is 19.1 Å². The second kappa shape index (κ2) is 5.95. The number of rotatable bonds is 5. The van der Waals surface area contributed by atoms with Gasteiger partial charge in [-0.3, -0.25) is 4.79 Å². The SMILES string of the molecule is COCCn1nc(C)cc(/C=C/C(=O)O)c1=O. The molecule has 0 fully saturated rings. The average Bonchev–Trinajstić information content (AvgIpc) is 2.27. The number of hydrogen-bond acceptors (Lipinski definition) is 4. The summed E-state index contributed by atoms with van der Waals surface area (Å²) in [6.07, 6.45) is 2.19. The highest BCUT2D eigenvalue weighted by Crippen LogP contribution is 1.98. The zero-order valence-corrected chi connectivity index (χ0v) is 9.71. The Hall–Kier alpha value is -1.95. The normalized spacial score (nSPS) is 10.9. The summed E-state index contributed by atoms with van der Waals surface area (Å²) in [4.78, 5) is 22.2. The molecule has 0 unspecified atom stereocenters. The molecule has 0 aliphatic rings. The van der Waals surface area contributed by atoms with E-state index in [2.05, 4.69) is 5.10 Å². The summed E-state index contributed by atoms with van der Waals surface area (Å²) in [7, 11) is 1.53. The molecule has 1 heterocycles. The number of aliphatic carboxylic acids is 1. The minimum absolute atomic E-state index is 0.302. The maximum atomic E-state index is 11.8. The number of aryl methyl sites for hydroxylation is 1. The van der Waals surface area contributed by atoms with Crippen molar-refractivity contribution in [2.45, 2.75) is 13.5 Å². The number of hydrogen-bond donors (Lipinski definition) is 1. The number of ether oxygens (including phenoxy) is 1. The zero-order chi connectivity index (χ0) is 12.8. The third kappa shape index (κ3) is 3.84. The molecule has 0 saturated heterocycles. The van der Waals surface area contributed by atoms with Gasteiger partial charge in [0, 0.05) is 18.7 Å². The van der Waals surface area contributed by atoms with Crippen LogP contribution in [0.2, 0.25) is 0 Å². The smallest absolute Gasteiger partial charge is 0.328 e. The van der Waals surface area contributed by atoms with Crippen LogP contribution in [-0.2, 0) is 16.1 Å². The van der Waals surface area contributed by atoms with E-state index < -0.39 is 5.97 Å². The van der Waals surface area contributed by atoms with E-state index >= 15 is 0 Å². The average molecular weight is 238 g/mol. The Kier molecular flexibility index (Phi) is 4.59. The molecule has 92 valence electrons. The monoisotopic (exact) mass is 238 g/mol. The van der Waals surface area contributed by atoms with Crippen LogP contribution in [0, 0.1) is 6.92 Å². The van der Waals surface area contributed by atoms with Crippen LogP contribution in [0.1, 0.15) is 11.3 Å². The van der Waals surface area contributed by atoms with Crippen molar-refractivity contribution in [2.24, 2.45) is 0 Å². The van der Waals surface area contributed by atoms with E-state index in [9.17, 15) is 9.59 Å². The van der Waals surface area contributed by atoms with E-state index in [1.165, 1.54) is 17.9 Å². The van der Waals surface area contributed by atoms with Gasteiger partial charge < -0.3 is 9.84 Å². The Balaban J connectivity index is 3.10. The summed E-state index contributed by atoms with van der Waals surface area (Å²) in [5.41, 5.74) is 0.617. The molecule has 0 aliphatic carbocycles. The van der Waals surface area contributed by atoms with Gasteiger partial charge in [-0.15, -0.1) is 0 Å². The Morgan fingerprint density at radius 3 is 2.94 bits per heavy atom. The first-order valence-electron chi connectivity index (χ1n) is 5.03. The van der Waals surface area contributed by atoms with Gasteiger partial charge in [0.2, 0.25) is 0 Å². The Morgan fingerprint density at radius 2 is 2.35 bits per heavy atom. The lowest BCUT2D eigenvalue weighted by atomic mass is 10.2. The molecule has 0 aliphatic heterocycles. The first-order valence-corrected chi connectivity index (χ1v) is 5.03. The van der Waals surface area contributed by atoms with Crippen molar-refractivity contribution in [3.05, 3.63) is 33.8 Å². The van der Waals surface area contributed by atoms with E-state index in [0.717, 1.165) is 6.08 Å². The van der Waals surface area contributed by atoms with Crippen LogP contribution in [0.25, 0.3) is 6.08 Å². The third-order valence-electron chi connectivity index (χ3n) is 2.04. The molecule has 1 rings (SSSR count). The van der Waals surface area contributed by atoms with Crippen LogP contribution in [0.5, 0.6) is 0 Å². The van der Waals surface area contributed by atoms with E-state index in [4.69, 9.17) is 9.84 Å². The molecular formula is C11H14N2O4. The second-order valence-corrected chi connectivity index (χ2v) is 3.43. The molecule has 0 spiro atoms. The van der Waals surface area contributed by atoms with Crippen molar-refractivity contribution in [1.82, 2.24) is 9.78 Å². The van der Waals surface area contributed by atoms with E-state index in [1.807, 2.05) is 0 Å². The fourth-order valence-corrected chi connectivity index (χ4v) is 1.31. The topological polar surface area (TPSA) is 81.4 Å². The Labute approximate surface area is 98.1 Å². The molecule has 1 aromatic rings. The first-order chi connectivity index (χ1) is 8.04. The molecule has 0 saturated carbocycles. The minimum atomic E-state index is -1.10. The van der Waals surface area contributed by atoms with Gasteiger partial charge in [0.25, 0.3) is 5.56 Å². The number of aromatic nitrogens is 2. The molecule has 0 atom stereocenters.